The molecule has 0 radical (unpaired) electrons. The molecule has 1 aliphatic carbocycles. The van der Waals surface area contributed by atoms with Gasteiger partial charge in [0.15, 0.2) is 0 Å². The molecule has 1 atom stereocenters. The average Bonchev–Trinajstić information content (AvgIpc) is 3.25. The van der Waals surface area contributed by atoms with Crippen LogP contribution in [0.5, 0.6) is 0 Å². The van der Waals surface area contributed by atoms with E-state index in [1.807, 2.05) is 24.1 Å². The molecule has 0 spiro atoms. The fourth-order valence-corrected chi connectivity index (χ4v) is 4.02. The fraction of sp³-hybridized carbons (Fsp3) is 0.526. The molecule has 0 bridgehead atoms. The number of likely N-dealkylation sites (tertiary alicyclic amines) is 1. The number of benzene rings is 1. The number of aliphatic hydroxyl groups is 1. The number of carbonyl (C=O) groups excluding carboxylic acids is 1. The first-order valence-electron chi connectivity index (χ1n) is 8.60. The lowest BCUT2D eigenvalue weighted by Gasteiger charge is -2.35. The third-order valence-electron chi connectivity index (χ3n) is 5.62. The molecule has 1 saturated carbocycles. The van der Waals surface area contributed by atoms with Crippen molar-refractivity contribution in [2.75, 3.05) is 13.1 Å². The lowest BCUT2D eigenvalue weighted by molar-refractivity contribution is -0.133. The van der Waals surface area contributed by atoms with E-state index in [-0.39, 0.29) is 11.8 Å². The van der Waals surface area contributed by atoms with Gasteiger partial charge in [-0.1, -0.05) is 18.2 Å². The number of hydrogen-bond donors (Lipinski definition) is 1. The van der Waals surface area contributed by atoms with Gasteiger partial charge < -0.3 is 14.6 Å². The highest BCUT2D eigenvalue weighted by Crippen LogP contribution is 2.45. The molecule has 1 unspecified atom stereocenters. The summed E-state index contributed by atoms with van der Waals surface area (Å²) < 4.78 is 2.09. The summed E-state index contributed by atoms with van der Waals surface area (Å²) in [5.74, 6) is 0.461. The normalized spacial score (nSPS) is 23.2. The molecule has 1 amide bonds. The van der Waals surface area contributed by atoms with Crippen molar-refractivity contribution in [2.45, 2.75) is 37.7 Å². The number of fused-ring (bicyclic) bond motifs is 1. The predicted molar refractivity (Wildman–Crippen MR) is 90.1 cm³/mol. The molecule has 4 heteroatoms. The Kier molecular flexibility index (Phi) is 3.45. The molecule has 23 heavy (non-hydrogen) atoms. The summed E-state index contributed by atoms with van der Waals surface area (Å²) >= 11 is 0. The zero-order chi connectivity index (χ0) is 16.0. The zero-order valence-electron chi connectivity index (χ0n) is 13.7. The number of aryl methyl sites for hydroxylation is 1. The van der Waals surface area contributed by atoms with Gasteiger partial charge in [-0.25, -0.2) is 0 Å². The molecule has 2 fully saturated rings. The number of rotatable bonds is 3. The molecule has 1 N–H and O–H groups in total. The van der Waals surface area contributed by atoms with Gasteiger partial charge in [-0.05, 0) is 37.3 Å². The van der Waals surface area contributed by atoms with Gasteiger partial charge in [0.25, 0.3) is 0 Å². The van der Waals surface area contributed by atoms with Gasteiger partial charge in [0.2, 0.25) is 5.91 Å². The second kappa shape index (κ2) is 5.38. The fourth-order valence-electron chi connectivity index (χ4n) is 4.02. The monoisotopic (exact) mass is 312 g/mol. The molecule has 122 valence electrons. The number of amides is 1. The van der Waals surface area contributed by atoms with Crippen molar-refractivity contribution in [1.82, 2.24) is 9.47 Å². The molecule has 1 saturated heterocycles. The summed E-state index contributed by atoms with van der Waals surface area (Å²) in [5.41, 5.74) is 1.79. The smallest absolute Gasteiger partial charge is 0.227 e. The lowest BCUT2D eigenvalue weighted by Crippen LogP contribution is -2.44. The summed E-state index contributed by atoms with van der Waals surface area (Å²) in [6.45, 7) is 1.55. The number of hydrogen-bond acceptors (Lipinski definition) is 2. The number of para-hydroxylation sites is 1. The highest BCUT2D eigenvalue weighted by Gasteiger charge is 2.48. The van der Waals surface area contributed by atoms with E-state index in [1.165, 1.54) is 5.52 Å². The van der Waals surface area contributed by atoms with Crippen LogP contribution in [0.15, 0.2) is 30.5 Å². The van der Waals surface area contributed by atoms with Gasteiger partial charge in [-0.2, -0.15) is 0 Å². The Hall–Kier alpha value is -1.81. The van der Waals surface area contributed by atoms with Crippen LogP contribution in [-0.4, -0.2) is 39.2 Å². The van der Waals surface area contributed by atoms with Crippen LogP contribution < -0.4 is 0 Å². The summed E-state index contributed by atoms with van der Waals surface area (Å²) in [6.07, 6.45) is 6.39. The molecule has 1 aliphatic heterocycles. The number of aromatic nitrogens is 1. The van der Waals surface area contributed by atoms with Crippen molar-refractivity contribution in [1.29, 1.82) is 0 Å². The second-order valence-electron chi connectivity index (χ2n) is 7.24. The van der Waals surface area contributed by atoms with E-state index in [4.69, 9.17) is 0 Å². The highest BCUT2D eigenvalue weighted by molar-refractivity contribution is 5.89. The molecule has 4 nitrogen and oxygen atoms in total. The summed E-state index contributed by atoms with van der Waals surface area (Å²) in [5, 5.41) is 11.5. The maximum absolute atomic E-state index is 12.7. The van der Waals surface area contributed by atoms with Crippen LogP contribution in [0.2, 0.25) is 0 Å². The van der Waals surface area contributed by atoms with Crippen LogP contribution in [0.3, 0.4) is 0 Å². The van der Waals surface area contributed by atoms with Gasteiger partial charge >= 0.3 is 0 Å². The largest absolute Gasteiger partial charge is 0.390 e. The van der Waals surface area contributed by atoms with E-state index in [0.29, 0.717) is 6.42 Å². The van der Waals surface area contributed by atoms with E-state index < -0.39 is 5.60 Å². The summed E-state index contributed by atoms with van der Waals surface area (Å²) in [4.78, 5) is 14.7. The predicted octanol–water partition coefficient (Wildman–Crippen LogP) is 2.48. The van der Waals surface area contributed by atoms with Gasteiger partial charge in [-0.15, -0.1) is 0 Å². The Labute approximate surface area is 136 Å². The SMILES string of the molecule is Cn1cc(CC(=O)N2CCCC(C3(O)CC3)C2)c2ccccc21. The quantitative estimate of drug-likeness (QED) is 0.946. The minimum absolute atomic E-state index is 0.190. The first-order valence-corrected chi connectivity index (χ1v) is 8.60. The van der Waals surface area contributed by atoms with Crippen LogP contribution in [0, 0.1) is 5.92 Å². The van der Waals surface area contributed by atoms with Crippen molar-refractivity contribution in [3.63, 3.8) is 0 Å². The Morgan fingerprint density at radius 3 is 2.91 bits per heavy atom. The van der Waals surface area contributed by atoms with Crippen molar-refractivity contribution in [3.8, 4) is 0 Å². The van der Waals surface area contributed by atoms with Crippen LogP contribution >= 0.6 is 0 Å². The molecule has 2 aromatic rings. The van der Waals surface area contributed by atoms with Crippen LogP contribution in [0.4, 0.5) is 0 Å². The Morgan fingerprint density at radius 2 is 2.13 bits per heavy atom. The van der Waals surface area contributed by atoms with Crippen molar-refractivity contribution >= 4 is 16.8 Å². The van der Waals surface area contributed by atoms with Gasteiger partial charge in [0.05, 0.1) is 12.0 Å². The van der Waals surface area contributed by atoms with Gasteiger partial charge in [0, 0.05) is 43.2 Å². The number of piperidine rings is 1. The number of nitrogens with zero attached hydrogens (tertiary/aromatic N) is 2. The Bertz CT molecular complexity index is 745. The zero-order valence-corrected chi connectivity index (χ0v) is 13.7. The molecule has 4 rings (SSSR count). The second-order valence-corrected chi connectivity index (χ2v) is 7.24. The minimum atomic E-state index is -0.474. The van der Waals surface area contributed by atoms with Gasteiger partial charge in [0.1, 0.15) is 0 Å². The van der Waals surface area contributed by atoms with Crippen LogP contribution in [-0.2, 0) is 18.3 Å². The maximum Gasteiger partial charge on any atom is 0.227 e. The first-order chi connectivity index (χ1) is 11.1. The van der Waals surface area contributed by atoms with E-state index >= 15 is 0 Å². The lowest BCUT2D eigenvalue weighted by atomic mass is 9.90. The first kappa shape index (κ1) is 14.8. The van der Waals surface area contributed by atoms with Crippen molar-refractivity contribution < 1.29 is 9.90 Å². The molecule has 2 heterocycles. The Morgan fingerprint density at radius 1 is 1.35 bits per heavy atom. The molecule has 1 aromatic carbocycles. The number of carbonyl (C=O) groups is 1. The van der Waals surface area contributed by atoms with E-state index in [0.717, 1.165) is 49.7 Å². The summed E-state index contributed by atoms with van der Waals surface area (Å²) in [6, 6.07) is 8.22. The standard InChI is InChI=1S/C19H24N2O2/c1-20-12-14(16-6-2-3-7-17(16)20)11-18(22)21-10-4-5-15(13-21)19(23)8-9-19/h2-3,6-7,12,15,23H,4-5,8-11,13H2,1H3. The van der Waals surface area contributed by atoms with Crippen molar-refractivity contribution in [2.24, 2.45) is 13.0 Å². The summed E-state index contributed by atoms with van der Waals surface area (Å²) in [7, 11) is 2.02. The molecule has 1 aromatic heterocycles. The highest BCUT2D eigenvalue weighted by atomic mass is 16.3. The average molecular weight is 312 g/mol. The third kappa shape index (κ3) is 2.65. The maximum atomic E-state index is 12.7. The minimum Gasteiger partial charge on any atom is -0.390 e. The third-order valence-corrected chi connectivity index (χ3v) is 5.62. The van der Waals surface area contributed by atoms with E-state index in [9.17, 15) is 9.90 Å². The van der Waals surface area contributed by atoms with E-state index in [1.54, 1.807) is 0 Å². The van der Waals surface area contributed by atoms with Crippen LogP contribution in [0.25, 0.3) is 10.9 Å². The Balaban J connectivity index is 1.50. The van der Waals surface area contributed by atoms with E-state index in [2.05, 4.69) is 22.9 Å². The van der Waals surface area contributed by atoms with Crippen LogP contribution in [0.1, 0.15) is 31.2 Å². The van der Waals surface area contributed by atoms with Crippen molar-refractivity contribution in [3.05, 3.63) is 36.0 Å². The van der Waals surface area contributed by atoms with Gasteiger partial charge in [-0.3, -0.25) is 4.79 Å². The topological polar surface area (TPSA) is 45.5 Å². The molecular formula is C19H24N2O2. The molecule has 2 aliphatic rings. The molecular weight excluding hydrogens is 288 g/mol.